The van der Waals surface area contributed by atoms with Crippen molar-refractivity contribution in [3.05, 3.63) is 29.8 Å². The van der Waals surface area contributed by atoms with Crippen LogP contribution in [0.1, 0.15) is 43.5 Å². The molecule has 0 spiro atoms. The van der Waals surface area contributed by atoms with Gasteiger partial charge in [0.1, 0.15) is 0 Å². The number of anilines is 1. The van der Waals surface area contributed by atoms with E-state index in [-0.39, 0.29) is 5.91 Å². The van der Waals surface area contributed by atoms with Gasteiger partial charge in [0.25, 0.3) is 5.91 Å². The van der Waals surface area contributed by atoms with Crippen LogP contribution in [0.15, 0.2) is 24.3 Å². The van der Waals surface area contributed by atoms with Crippen molar-refractivity contribution in [3.8, 4) is 0 Å². The van der Waals surface area contributed by atoms with Crippen molar-refractivity contribution in [2.45, 2.75) is 39.2 Å². The minimum Gasteiger partial charge on any atom is -0.384 e. The van der Waals surface area contributed by atoms with E-state index in [1.165, 1.54) is 0 Å². The molecule has 1 aromatic carbocycles. The summed E-state index contributed by atoms with van der Waals surface area (Å²) in [5, 5.41) is 3.34. The predicted octanol–water partition coefficient (Wildman–Crippen LogP) is 3.15. The van der Waals surface area contributed by atoms with E-state index in [1.807, 2.05) is 36.1 Å². The lowest BCUT2D eigenvalue weighted by molar-refractivity contribution is 0.0146. The van der Waals surface area contributed by atoms with Gasteiger partial charge in [-0.25, -0.2) is 0 Å². The van der Waals surface area contributed by atoms with Crippen molar-refractivity contribution < 1.29 is 9.53 Å². The molecular weight excluding hydrogens is 264 g/mol. The molecule has 4 heteroatoms. The fourth-order valence-corrected chi connectivity index (χ4v) is 2.72. The van der Waals surface area contributed by atoms with Crippen molar-refractivity contribution in [1.29, 1.82) is 0 Å². The quantitative estimate of drug-likeness (QED) is 0.875. The average Bonchev–Trinajstić information content (AvgIpc) is 2.53. The van der Waals surface area contributed by atoms with Gasteiger partial charge in [-0.3, -0.25) is 4.79 Å². The number of carbonyl (C=O) groups is 1. The third-order valence-corrected chi connectivity index (χ3v) is 3.85. The van der Waals surface area contributed by atoms with E-state index in [1.54, 1.807) is 0 Å². The van der Waals surface area contributed by atoms with Crippen molar-refractivity contribution in [2.24, 2.45) is 0 Å². The third-order valence-electron chi connectivity index (χ3n) is 3.85. The Bertz CT molecular complexity index is 454. The molecule has 0 bridgehead atoms. The molecule has 0 aliphatic carbocycles. The number of benzene rings is 1. The molecule has 1 aromatic rings. The van der Waals surface area contributed by atoms with Crippen LogP contribution in [0.2, 0.25) is 0 Å². The zero-order chi connectivity index (χ0) is 15.1. The maximum Gasteiger partial charge on any atom is 0.255 e. The molecule has 0 atom stereocenters. The van der Waals surface area contributed by atoms with E-state index in [9.17, 15) is 4.79 Å². The Hall–Kier alpha value is -1.55. The normalized spacial score (nSPS) is 16.0. The van der Waals surface area contributed by atoms with E-state index in [0.29, 0.717) is 6.10 Å². The highest BCUT2D eigenvalue weighted by atomic mass is 16.5. The zero-order valence-electron chi connectivity index (χ0n) is 13.1. The van der Waals surface area contributed by atoms with Crippen LogP contribution in [-0.4, -0.2) is 43.2 Å². The summed E-state index contributed by atoms with van der Waals surface area (Å²) in [5.74, 6) is 0.129. The standard InChI is InChI=1S/C17H26N2O2/c1-3-11-18-16-8-6-5-7-15(16)17(20)19-12-9-14(10-13-19)21-4-2/h5-8,14,18H,3-4,9-13H2,1-2H3. The molecule has 0 radical (unpaired) electrons. The van der Waals surface area contributed by atoms with Crippen LogP contribution in [0.5, 0.6) is 0 Å². The predicted molar refractivity (Wildman–Crippen MR) is 85.8 cm³/mol. The van der Waals surface area contributed by atoms with Gasteiger partial charge < -0.3 is 15.0 Å². The summed E-state index contributed by atoms with van der Waals surface area (Å²) in [7, 11) is 0. The SMILES string of the molecule is CCCNc1ccccc1C(=O)N1CCC(OCC)CC1. The van der Waals surface area contributed by atoms with Crippen molar-refractivity contribution in [2.75, 3.05) is 31.6 Å². The second kappa shape index (κ2) is 8.03. The lowest BCUT2D eigenvalue weighted by Crippen LogP contribution is -2.41. The number of ether oxygens (including phenoxy) is 1. The fraction of sp³-hybridized carbons (Fsp3) is 0.588. The molecule has 1 amide bonds. The number of rotatable bonds is 6. The summed E-state index contributed by atoms with van der Waals surface area (Å²) >= 11 is 0. The summed E-state index contributed by atoms with van der Waals surface area (Å²) < 4.78 is 5.64. The van der Waals surface area contributed by atoms with Crippen LogP contribution in [0, 0.1) is 0 Å². The Morgan fingerprint density at radius 3 is 2.67 bits per heavy atom. The highest BCUT2D eigenvalue weighted by Crippen LogP contribution is 2.21. The molecule has 1 aliphatic rings. The number of para-hydroxylation sites is 1. The van der Waals surface area contributed by atoms with Gasteiger partial charge in [-0.05, 0) is 38.3 Å². The number of likely N-dealkylation sites (tertiary alicyclic amines) is 1. The lowest BCUT2D eigenvalue weighted by Gasteiger charge is -2.32. The third kappa shape index (κ3) is 4.21. The molecule has 4 nitrogen and oxygen atoms in total. The zero-order valence-corrected chi connectivity index (χ0v) is 13.1. The molecule has 1 saturated heterocycles. The van der Waals surface area contributed by atoms with Gasteiger partial charge in [0, 0.05) is 31.9 Å². The molecular formula is C17H26N2O2. The minimum absolute atomic E-state index is 0.129. The Labute approximate surface area is 127 Å². The van der Waals surface area contributed by atoms with Gasteiger partial charge in [0.2, 0.25) is 0 Å². The Morgan fingerprint density at radius 1 is 1.29 bits per heavy atom. The van der Waals surface area contributed by atoms with Gasteiger partial charge in [0.05, 0.1) is 11.7 Å². The average molecular weight is 290 g/mol. The van der Waals surface area contributed by atoms with Crippen molar-refractivity contribution in [3.63, 3.8) is 0 Å². The number of hydrogen-bond acceptors (Lipinski definition) is 3. The first-order chi connectivity index (χ1) is 10.3. The van der Waals surface area contributed by atoms with E-state index < -0.39 is 0 Å². The van der Waals surface area contributed by atoms with Gasteiger partial charge in [-0.15, -0.1) is 0 Å². The number of hydrogen-bond donors (Lipinski definition) is 1. The fourth-order valence-electron chi connectivity index (χ4n) is 2.72. The second-order valence-corrected chi connectivity index (χ2v) is 5.42. The highest BCUT2D eigenvalue weighted by molar-refractivity contribution is 5.99. The first-order valence-corrected chi connectivity index (χ1v) is 8.00. The summed E-state index contributed by atoms with van der Waals surface area (Å²) in [5.41, 5.74) is 1.72. The first kappa shape index (κ1) is 15.8. The van der Waals surface area contributed by atoms with Gasteiger partial charge in [-0.1, -0.05) is 19.1 Å². The van der Waals surface area contributed by atoms with Gasteiger partial charge in [0.15, 0.2) is 0 Å². The first-order valence-electron chi connectivity index (χ1n) is 8.00. The van der Waals surface area contributed by atoms with E-state index in [2.05, 4.69) is 12.2 Å². The number of carbonyl (C=O) groups excluding carboxylic acids is 1. The molecule has 116 valence electrons. The molecule has 21 heavy (non-hydrogen) atoms. The second-order valence-electron chi connectivity index (χ2n) is 5.42. The Balaban J connectivity index is 2.00. The molecule has 1 aliphatic heterocycles. The Morgan fingerprint density at radius 2 is 2.00 bits per heavy atom. The van der Waals surface area contributed by atoms with Gasteiger partial charge >= 0.3 is 0 Å². The monoisotopic (exact) mass is 290 g/mol. The van der Waals surface area contributed by atoms with Crippen LogP contribution in [-0.2, 0) is 4.74 Å². The molecule has 1 N–H and O–H groups in total. The minimum atomic E-state index is 0.129. The van der Waals surface area contributed by atoms with E-state index >= 15 is 0 Å². The molecule has 1 heterocycles. The van der Waals surface area contributed by atoms with Crippen LogP contribution < -0.4 is 5.32 Å². The maximum atomic E-state index is 12.7. The topological polar surface area (TPSA) is 41.6 Å². The van der Waals surface area contributed by atoms with Gasteiger partial charge in [-0.2, -0.15) is 0 Å². The molecule has 0 aromatic heterocycles. The summed E-state index contributed by atoms with van der Waals surface area (Å²) in [6.07, 6.45) is 3.23. The summed E-state index contributed by atoms with van der Waals surface area (Å²) in [6, 6.07) is 7.79. The van der Waals surface area contributed by atoms with E-state index in [0.717, 1.165) is 56.8 Å². The number of nitrogens with zero attached hydrogens (tertiary/aromatic N) is 1. The Kier molecular flexibility index (Phi) is 6.05. The largest absolute Gasteiger partial charge is 0.384 e. The number of amides is 1. The number of piperidine rings is 1. The number of nitrogens with one attached hydrogen (secondary N) is 1. The lowest BCUT2D eigenvalue weighted by atomic mass is 10.1. The van der Waals surface area contributed by atoms with Crippen LogP contribution in [0.3, 0.4) is 0 Å². The molecule has 2 rings (SSSR count). The summed E-state index contributed by atoms with van der Waals surface area (Å²) in [6.45, 7) is 7.35. The molecule has 1 fully saturated rings. The van der Waals surface area contributed by atoms with Crippen molar-refractivity contribution >= 4 is 11.6 Å². The molecule has 0 unspecified atom stereocenters. The van der Waals surface area contributed by atoms with Crippen LogP contribution >= 0.6 is 0 Å². The highest BCUT2D eigenvalue weighted by Gasteiger charge is 2.24. The summed E-state index contributed by atoms with van der Waals surface area (Å²) in [4.78, 5) is 14.6. The maximum absolute atomic E-state index is 12.7. The smallest absolute Gasteiger partial charge is 0.255 e. The van der Waals surface area contributed by atoms with Crippen molar-refractivity contribution in [1.82, 2.24) is 4.90 Å². The van der Waals surface area contributed by atoms with Crippen LogP contribution in [0.4, 0.5) is 5.69 Å². The van der Waals surface area contributed by atoms with Crippen LogP contribution in [0.25, 0.3) is 0 Å². The molecule has 0 saturated carbocycles. The van der Waals surface area contributed by atoms with E-state index in [4.69, 9.17) is 4.74 Å².